The predicted molar refractivity (Wildman–Crippen MR) is 80.6 cm³/mol. The van der Waals surface area contributed by atoms with Crippen molar-refractivity contribution in [3.63, 3.8) is 0 Å². The average molecular weight is 280 g/mol. The van der Waals surface area contributed by atoms with Gasteiger partial charge in [0.25, 0.3) is 0 Å². The Morgan fingerprint density at radius 1 is 1.47 bits per heavy atom. The molecule has 1 N–H and O–H groups in total. The van der Waals surface area contributed by atoms with E-state index in [-0.39, 0.29) is 5.91 Å². The van der Waals surface area contributed by atoms with E-state index < -0.39 is 0 Å². The van der Waals surface area contributed by atoms with Gasteiger partial charge >= 0.3 is 0 Å². The van der Waals surface area contributed by atoms with Gasteiger partial charge in [0, 0.05) is 11.3 Å². The first-order chi connectivity index (χ1) is 8.90. The third-order valence-corrected chi connectivity index (χ3v) is 4.96. The second kappa shape index (κ2) is 5.61. The Morgan fingerprint density at radius 2 is 2.21 bits per heavy atom. The van der Waals surface area contributed by atoms with Crippen LogP contribution in [-0.4, -0.2) is 10.9 Å². The highest BCUT2D eigenvalue weighted by Gasteiger charge is 2.30. The fraction of sp³-hybridized carbons (Fsp3) is 0.733. The van der Waals surface area contributed by atoms with Crippen molar-refractivity contribution < 1.29 is 4.79 Å². The van der Waals surface area contributed by atoms with Crippen molar-refractivity contribution >= 4 is 22.4 Å². The van der Waals surface area contributed by atoms with Crippen LogP contribution in [0.5, 0.6) is 0 Å². The van der Waals surface area contributed by atoms with Gasteiger partial charge in [0.15, 0.2) is 5.13 Å². The van der Waals surface area contributed by atoms with E-state index in [1.165, 1.54) is 17.0 Å². The van der Waals surface area contributed by atoms with E-state index in [9.17, 15) is 4.79 Å². The summed E-state index contributed by atoms with van der Waals surface area (Å²) in [5, 5.41) is 3.71. The van der Waals surface area contributed by atoms with Crippen molar-refractivity contribution in [3.05, 3.63) is 10.6 Å². The molecule has 0 aromatic carbocycles. The van der Waals surface area contributed by atoms with Crippen LogP contribution in [0, 0.1) is 11.3 Å². The van der Waals surface area contributed by atoms with Crippen molar-refractivity contribution in [2.45, 2.75) is 59.8 Å². The Hall–Kier alpha value is -0.900. The Bertz CT molecular complexity index is 459. The standard InChI is InChI=1S/C15H24N2OS/c1-5-6-13(18)17-14-16-11-9-10(15(2,3)4)7-8-12(11)19-14/h10H,5-9H2,1-4H3,(H,16,17,18). The van der Waals surface area contributed by atoms with Crippen LogP contribution < -0.4 is 5.32 Å². The van der Waals surface area contributed by atoms with Crippen molar-refractivity contribution in [2.24, 2.45) is 11.3 Å². The van der Waals surface area contributed by atoms with Crippen molar-refractivity contribution in [1.82, 2.24) is 4.98 Å². The fourth-order valence-electron chi connectivity index (χ4n) is 2.58. The highest BCUT2D eigenvalue weighted by atomic mass is 32.1. The molecule has 2 rings (SSSR count). The molecule has 1 aromatic heterocycles. The monoisotopic (exact) mass is 280 g/mol. The number of hydrogen-bond acceptors (Lipinski definition) is 3. The second-order valence-corrected chi connectivity index (χ2v) is 7.58. The molecule has 0 spiro atoms. The summed E-state index contributed by atoms with van der Waals surface area (Å²) in [5.41, 5.74) is 1.55. The zero-order valence-electron chi connectivity index (χ0n) is 12.4. The van der Waals surface area contributed by atoms with E-state index in [1.54, 1.807) is 11.3 Å². The molecule has 1 aromatic rings. The van der Waals surface area contributed by atoms with Gasteiger partial charge in [-0.3, -0.25) is 4.79 Å². The number of rotatable bonds is 3. The van der Waals surface area contributed by atoms with Gasteiger partial charge in [0.1, 0.15) is 0 Å². The van der Waals surface area contributed by atoms with Gasteiger partial charge in [-0.15, -0.1) is 11.3 Å². The first-order valence-corrected chi connectivity index (χ1v) is 8.00. The number of nitrogens with one attached hydrogen (secondary N) is 1. The third kappa shape index (κ3) is 3.56. The largest absolute Gasteiger partial charge is 0.302 e. The molecule has 1 heterocycles. The quantitative estimate of drug-likeness (QED) is 0.908. The van der Waals surface area contributed by atoms with Gasteiger partial charge in [0.2, 0.25) is 5.91 Å². The topological polar surface area (TPSA) is 42.0 Å². The average Bonchev–Trinajstić information content (AvgIpc) is 2.68. The molecule has 19 heavy (non-hydrogen) atoms. The van der Waals surface area contributed by atoms with Gasteiger partial charge in [-0.25, -0.2) is 4.98 Å². The molecule has 0 saturated heterocycles. The van der Waals surface area contributed by atoms with Crippen LogP contribution in [0.2, 0.25) is 0 Å². The number of anilines is 1. The molecule has 1 amide bonds. The summed E-state index contributed by atoms with van der Waals surface area (Å²) < 4.78 is 0. The van der Waals surface area contributed by atoms with E-state index >= 15 is 0 Å². The molecule has 0 fully saturated rings. The predicted octanol–water partition coefficient (Wildman–Crippen LogP) is 4.03. The fourth-order valence-corrected chi connectivity index (χ4v) is 3.60. The van der Waals surface area contributed by atoms with E-state index in [1.807, 2.05) is 6.92 Å². The Morgan fingerprint density at radius 3 is 2.84 bits per heavy atom. The molecule has 0 bridgehead atoms. The minimum atomic E-state index is 0.0842. The van der Waals surface area contributed by atoms with Crippen molar-refractivity contribution in [1.29, 1.82) is 0 Å². The van der Waals surface area contributed by atoms with Crippen LogP contribution in [0.4, 0.5) is 5.13 Å². The lowest BCUT2D eigenvalue weighted by Crippen LogP contribution is -2.26. The van der Waals surface area contributed by atoms with Gasteiger partial charge in [-0.2, -0.15) is 0 Å². The number of aryl methyl sites for hydroxylation is 1. The van der Waals surface area contributed by atoms with Crippen molar-refractivity contribution in [3.8, 4) is 0 Å². The van der Waals surface area contributed by atoms with Crippen LogP contribution in [-0.2, 0) is 17.6 Å². The summed E-state index contributed by atoms with van der Waals surface area (Å²) in [4.78, 5) is 17.6. The van der Waals surface area contributed by atoms with Crippen LogP contribution in [0.25, 0.3) is 0 Å². The van der Waals surface area contributed by atoms with Crippen LogP contribution in [0.3, 0.4) is 0 Å². The van der Waals surface area contributed by atoms with Crippen molar-refractivity contribution in [2.75, 3.05) is 5.32 Å². The second-order valence-electron chi connectivity index (χ2n) is 6.49. The molecular formula is C15H24N2OS. The molecule has 106 valence electrons. The summed E-state index contributed by atoms with van der Waals surface area (Å²) in [6.07, 6.45) is 4.86. The first kappa shape index (κ1) is 14.5. The lowest BCUT2D eigenvalue weighted by molar-refractivity contribution is -0.116. The minimum Gasteiger partial charge on any atom is -0.302 e. The highest BCUT2D eigenvalue weighted by molar-refractivity contribution is 7.15. The Kier molecular flexibility index (Phi) is 4.29. The Balaban J connectivity index is 2.06. The lowest BCUT2D eigenvalue weighted by Gasteiger charge is -2.33. The van der Waals surface area contributed by atoms with Crippen LogP contribution in [0.1, 0.15) is 57.5 Å². The zero-order chi connectivity index (χ0) is 14.0. The lowest BCUT2D eigenvalue weighted by atomic mass is 9.73. The van der Waals surface area contributed by atoms with E-state index in [4.69, 9.17) is 0 Å². The summed E-state index contributed by atoms with van der Waals surface area (Å²) in [6.45, 7) is 8.93. The van der Waals surface area contributed by atoms with Gasteiger partial charge in [-0.1, -0.05) is 27.7 Å². The van der Waals surface area contributed by atoms with Gasteiger partial charge in [0.05, 0.1) is 5.69 Å². The maximum atomic E-state index is 11.6. The van der Waals surface area contributed by atoms with E-state index in [0.29, 0.717) is 17.8 Å². The molecule has 0 aliphatic heterocycles. The number of hydrogen-bond donors (Lipinski definition) is 1. The van der Waals surface area contributed by atoms with Gasteiger partial charge < -0.3 is 5.32 Å². The molecule has 4 heteroatoms. The number of amides is 1. The zero-order valence-corrected chi connectivity index (χ0v) is 13.2. The van der Waals surface area contributed by atoms with Gasteiger partial charge in [-0.05, 0) is 37.0 Å². The summed E-state index contributed by atoms with van der Waals surface area (Å²) in [6, 6.07) is 0. The molecule has 3 nitrogen and oxygen atoms in total. The van der Waals surface area contributed by atoms with E-state index in [0.717, 1.165) is 24.4 Å². The first-order valence-electron chi connectivity index (χ1n) is 7.18. The maximum absolute atomic E-state index is 11.6. The SMILES string of the molecule is CCCC(=O)Nc1nc2c(s1)CCC(C(C)(C)C)C2. The smallest absolute Gasteiger partial charge is 0.226 e. The summed E-state index contributed by atoms with van der Waals surface area (Å²) in [5.74, 6) is 0.780. The number of carbonyl (C=O) groups excluding carboxylic acids is 1. The normalized spacial score (nSPS) is 19.1. The third-order valence-electron chi connectivity index (χ3n) is 3.89. The molecule has 1 aliphatic carbocycles. The maximum Gasteiger partial charge on any atom is 0.226 e. The Labute approximate surface area is 119 Å². The number of fused-ring (bicyclic) bond motifs is 1. The molecule has 1 unspecified atom stereocenters. The highest BCUT2D eigenvalue weighted by Crippen LogP contribution is 2.39. The molecular weight excluding hydrogens is 256 g/mol. The number of carbonyl (C=O) groups is 1. The molecule has 0 saturated carbocycles. The molecule has 1 atom stereocenters. The summed E-state index contributed by atoms with van der Waals surface area (Å²) >= 11 is 1.66. The van der Waals surface area contributed by atoms with Crippen LogP contribution >= 0.6 is 11.3 Å². The minimum absolute atomic E-state index is 0.0842. The molecule has 1 aliphatic rings. The number of aromatic nitrogens is 1. The van der Waals surface area contributed by atoms with Crippen LogP contribution in [0.15, 0.2) is 0 Å². The van der Waals surface area contributed by atoms with E-state index in [2.05, 4.69) is 31.1 Å². The number of thiazole rings is 1. The summed E-state index contributed by atoms with van der Waals surface area (Å²) in [7, 11) is 0. The number of nitrogens with zero attached hydrogens (tertiary/aromatic N) is 1. The molecule has 0 radical (unpaired) electrons.